The Balaban J connectivity index is 2.89. The van der Waals surface area contributed by atoms with Gasteiger partial charge in [-0.1, -0.05) is 20.3 Å². The average Bonchev–Trinajstić information content (AvgIpc) is 2.37. The summed E-state index contributed by atoms with van der Waals surface area (Å²) in [7, 11) is 0. The lowest BCUT2D eigenvalue weighted by molar-refractivity contribution is 0.0700. The van der Waals surface area contributed by atoms with E-state index in [1.54, 1.807) is 0 Å². The van der Waals surface area contributed by atoms with Crippen molar-refractivity contribution in [3.8, 4) is 0 Å². The molecule has 1 rings (SSSR count). The topological polar surface area (TPSA) is 47.0 Å². The number of hydrogen-bond donors (Lipinski definition) is 1. The van der Waals surface area contributed by atoms with Crippen LogP contribution in [0.1, 0.15) is 58.2 Å². The lowest BCUT2D eigenvalue weighted by Gasteiger charge is -2.14. The van der Waals surface area contributed by atoms with Crippen molar-refractivity contribution in [2.24, 2.45) is 0 Å². The van der Waals surface area contributed by atoms with E-state index in [1.807, 2.05) is 19.9 Å². The van der Waals surface area contributed by atoms with Crippen LogP contribution in [0.25, 0.3) is 0 Å². The van der Waals surface area contributed by atoms with E-state index in [0.29, 0.717) is 6.61 Å². The summed E-state index contributed by atoms with van der Waals surface area (Å²) in [4.78, 5) is 9.10. The van der Waals surface area contributed by atoms with Gasteiger partial charge < -0.3 is 10.1 Å². The van der Waals surface area contributed by atoms with Gasteiger partial charge in [-0.2, -0.15) is 0 Å². The van der Waals surface area contributed by atoms with Crippen LogP contribution in [0.3, 0.4) is 0 Å². The van der Waals surface area contributed by atoms with Crippen LogP contribution in [0, 0.1) is 0 Å². The number of aromatic nitrogens is 2. The lowest BCUT2D eigenvalue weighted by Crippen LogP contribution is -2.11. The predicted octanol–water partition coefficient (Wildman–Crippen LogP) is 3.35. The van der Waals surface area contributed by atoms with E-state index < -0.39 is 0 Å². The molecule has 0 aliphatic rings. The Labute approximate surface area is 110 Å². The Kier molecular flexibility index (Phi) is 6.65. The molecule has 0 aromatic carbocycles. The molecule has 0 radical (unpaired) electrons. The number of nitrogens with zero attached hydrogens (tertiary/aromatic N) is 2. The fraction of sp³-hybridized carbons (Fsp3) is 0.714. The molecule has 0 amide bonds. The summed E-state index contributed by atoms with van der Waals surface area (Å²) in [6.07, 6.45) is 3.11. The summed E-state index contributed by atoms with van der Waals surface area (Å²) >= 11 is 0. The van der Waals surface area contributed by atoms with Gasteiger partial charge in [-0.15, -0.1) is 0 Å². The molecule has 0 saturated carbocycles. The molecule has 0 aliphatic carbocycles. The van der Waals surface area contributed by atoms with E-state index in [-0.39, 0.29) is 6.10 Å². The Morgan fingerprint density at radius 1 is 1.22 bits per heavy atom. The van der Waals surface area contributed by atoms with Gasteiger partial charge in [0.05, 0.1) is 0 Å². The number of aryl methyl sites for hydroxylation is 1. The number of anilines is 1. The van der Waals surface area contributed by atoms with Crippen molar-refractivity contribution in [1.82, 2.24) is 9.97 Å². The van der Waals surface area contributed by atoms with Crippen molar-refractivity contribution < 1.29 is 4.74 Å². The van der Waals surface area contributed by atoms with Gasteiger partial charge in [0.15, 0.2) is 5.82 Å². The van der Waals surface area contributed by atoms with E-state index in [1.165, 1.54) is 0 Å². The predicted molar refractivity (Wildman–Crippen MR) is 74.8 cm³/mol. The van der Waals surface area contributed by atoms with Crippen LogP contribution in [0.2, 0.25) is 0 Å². The van der Waals surface area contributed by atoms with Gasteiger partial charge in [0.25, 0.3) is 0 Å². The first-order chi connectivity index (χ1) is 8.71. The van der Waals surface area contributed by atoms with E-state index in [0.717, 1.165) is 43.1 Å². The van der Waals surface area contributed by atoms with E-state index in [4.69, 9.17) is 4.74 Å². The fourth-order valence-corrected chi connectivity index (χ4v) is 1.75. The summed E-state index contributed by atoms with van der Waals surface area (Å²) in [5.74, 6) is 1.69. The van der Waals surface area contributed by atoms with Crippen LogP contribution in [-0.4, -0.2) is 23.1 Å². The molecule has 0 saturated heterocycles. The summed E-state index contributed by atoms with van der Waals surface area (Å²) in [5, 5.41) is 3.32. The number of ether oxygens (including phenoxy) is 1. The van der Waals surface area contributed by atoms with Crippen LogP contribution < -0.4 is 5.32 Å². The number of rotatable bonds is 8. The van der Waals surface area contributed by atoms with Gasteiger partial charge in [0.2, 0.25) is 0 Å². The van der Waals surface area contributed by atoms with Crippen molar-refractivity contribution in [3.05, 3.63) is 17.6 Å². The number of nitrogens with one attached hydrogen (secondary N) is 1. The summed E-state index contributed by atoms with van der Waals surface area (Å²) in [6, 6.07) is 2.04. The minimum atomic E-state index is -0.0472. The summed E-state index contributed by atoms with van der Waals surface area (Å²) in [5.41, 5.74) is 1.09. The highest BCUT2D eigenvalue weighted by Gasteiger charge is 2.11. The van der Waals surface area contributed by atoms with Crippen molar-refractivity contribution in [1.29, 1.82) is 0 Å². The molecule has 0 spiro atoms. The molecule has 1 atom stereocenters. The molecule has 4 nitrogen and oxygen atoms in total. The third-order valence-corrected chi connectivity index (χ3v) is 2.64. The standard InChI is InChI=1S/C14H25N3O/c1-5-8-12-10-13(15-9-6-2)17-14(16-12)11(4)18-7-3/h10-11H,5-9H2,1-4H3,(H,15,16,17). The van der Waals surface area contributed by atoms with Crippen molar-refractivity contribution in [3.63, 3.8) is 0 Å². The lowest BCUT2D eigenvalue weighted by atomic mass is 10.2. The van der Waals surface area contributed by atoms with Crippen molar-refractivity contribution in [2.75, 3.05) is 18.5 Å². The third-order valence-electron chi connectivity index (χ3n) is 2.64. The zero-order valence-electron chi connectivity index (χ0n) is 12.0. The first kappa shape index (κ1) is 14.9. The van der Waals surface area contributed by atoms with Crippen LogP contribution in [-0.2, 0) is 11.2 Å². The maximum absolute atomic E-state index is 5.57. The minimum absolute atomic E-state index is 0.0472. The van der Waals surface area contributed by atoms with Gasteiger partial charge in [-0.05, 0) is 26.7 Å². The van der Waals surface area contributed by atoms with Gasteiger partial charge >= 0.3 is 0 Å². The van der Waals surface area contributed by atoms with Gasteiger partial charge in [-0.25, -0.2) is 9.97 Å². The second-order valence-electron chi connectivity index (χ2n) is 4.38. The van der Waals surface area contributed by atoms with Gasteiger partial charge in [0.1, 0.15) is 11.9 Å². The third kappa shape index (κ3) is 4.61. The minimum Gasteiger partial charge on any atom is -0.371 e. The van der Waals surface area contributed by atoms with Gasteiger partial charge in [-0.3, -0.25) is 0 Å². The molecular weight excluding hydrogens is 226 g/mol. The molecule has 0 bridgehead atoms. The maximum Gasteiger partial charge on any atom is 0.159 e. The van der Waals surface area contributed by atoms with E-state index in [9.17, 15) is 0 Å². The molecule has 0 aliphatic heterocycles. The molecule has 1 N–H and O–H groups in total. The molecule has 4 heteroatoms. The highest BCUT2D eigenvalue weighted by atomic mass is 16.5. The smallest absolute Gasteiger partial charge is 0.159 e. The molecule has 102 valence electrons. The zero-order valence-corrected chi connectivity index (χ0v) is 12.0. The second-order valence-corrected chi connectivity index (χ2v) is 4.38. The highest BCUT2D eigenvalue weighted by Crippen LogP contribution is 2.16. The quantitative estimate of drug-likeness (QED) is 0.769. The average molecular weight is 251 g/mol. The van der Waals surface area contributed by atoms with Gasteiger partial charge in [0, 0.05) is 24.9 Å². The molecule has 1 heterocycles. The Hall–Kier alpha value is -1.16. The highest BCUT2D eigenvalue weighted by molar-refractivity contribution is 5.36. The van der Waals surface area contributed by atoms with Crippen molar-refractivity contribution in [2.45, 2.75) is 53.1 Å². The van der Waals surface area contributed by atoms with Crippen LogP contribution in [0.15, 0.2) is 6.07 Å². The second kappa shape index (κ2) is 8.03. The summed E-state index contributed by atoms with van der Waals surface area (Å²) < 4.78 is 5.57. The molecule has 1 aromatic heterocycles. The monoisotopic (exact) mass is 251 g/mol. The molecule has 1 aromatic rings. The molecular formula is C14H25N3O. The Bertz CT molecular complexity index is 355. The normalized spacial score (nSPS) is 12.4. The fourth-order valence-electron chi connectivity index (χ4n) is 1.75. The zero-order chi connectivity index (χ0) is 13.4. The maximum atomic E-state index is 5.57. The van der Waals surface area contributed by atoms with E-state index in [2.05, 4.69) is 29.1 Å². The van der Waals surface area contributed by atoms with Crippen LogP contribution in [0.4, 0.5) is 5.82 Å². The van der Waals surface area contributed by atoms with Crippen LogP contribution in [0.5, 0.6) is 0 Å². The molecule has 0 fully saturated rings. The first-order valence-corrected chi connectivity index (χ1v) is 6.94. The Morgan fingerprint density at radius 3 is 2.61 bits per heavy atom. The number of hydrogen-bond acceptors (Lipinski definition) is 4. The SMILES string of the molecule is CCCNc1cc(CCC)nc(C(C)OCC)n1. The largest absolute Gasteiger partial charge is 0.371 e. The van der Waals surface area contributed by atoms with Crippen molar-refractivity contribution >= 4 is 5.82 Å². The van der Waals surface area contributed by atoms with E-state index >= 15 is 0 Å². The molecule has 1 unspecified atom stereocenters. The Morgan fingerprint density at radius 2 is 2.00 bits per heavy atom. The summed E-state index contributed by atoms with van der Waals surface area (Å²) in [6.45, 7) is 9.91. The first-order valence-electron chi connectivity index (χ1n) is 6.94. The molecule has 18 heavy (non-hydrogen) atoms. The van der Waals surface area contributed by atoms with Crippen LogP contribution >= 0.6 is 0 Å².